The normalized spacial score (nSPS) is 27.8. The molecule has 25 heavy (non-hydrogen) atoms. The highest BCUT2D eigenvalue weighted by Gasteiger charge is 2.58. The minimum Gasteiger partial charge on any atom is -0.465 e. The number of hydrogen-bond donors (Lipinski definition) is 4. The maximum absolute atomic E-state index is 14.4. The van der Waals surface area contributed by atoms with Crippen molar-refractivity contribution in [3.63, 3.8) is 0 Å². The van der Waals surface area contributed by atoms with Crippen LogP contribution in [0.5, 0.6) is 0 Å². The Labute approximate surface area is 145 Å². The number of rotatable bonds is 2. The van der Waals surface area contributed by atoms with Crippen LogP contribution in [0, 0.1) is 5.82 Å². The summed E-state index contributed by atoms with van der Waals surface area (Å²) in [5, 5.41) is 11.3. The number of aldehydes is 1. The van der Waals surface area contributed by atoms with E-state index < -0.39 is 32.8 Å². The van der Waals surface area contributed by atoms with Crippen LogP contribution >= 0.6 is 10.6 Å². The third kappa shape index (κ3) is 2.72. The van der Waals surface area contributed by atoms with Crippen molar-refractivity contribution < 1.29 is 28.2 Å². The lowest BCUT2D eigenvalue weighted by atomic mass is 9.81. The molecule has 2 aliphatic rings. The average molecular weight is 370 g/mol. The number of carboxylic acid groups (broad SMARTS) is 1. The first-order valence-corrected chi connectivity index (χ1v) is 9.46. The summed E-state index contributed by atoms with van der Waals surface area (Å²) in [6, 6.07) is 3.73. The number of nitrogens with one attached hydrogen (secondary N) is 1. The summed E-state index contributed by atoms with van der Waals surface area (Å²) in [4.78, 5) is 26.6. The Bertz CT molecular complexity index is 778. The summed E-state index contributed by atoms with van der Waals surface area (Å²) in [5.41, 5.74) is -1.16. The first kappa shape index (κ1) is 17.8. The summed E-state index contributed by atoms with van der Waals surface area (Å²) >= 11 is 0. The first-order valence-electron chi connectivity index (χ1n) is 7.74. The highest BCUT2D eigenvalue weighted by molar-refractivity contribution is 8.26. The van der Waals surface area contributed by atoms with Crippen LogP contribution in [-0.2, 0) is 5.54 Å². The molecule has 1 atom stereocenters. The third-order valence-electron chi connectivity index (χ3n) is 4.99. The van der Waals surface area contributed by atoms with Crippen LogP contribution in [0.2, 0.25) is 0 Å². The van der Waals surface area contributed by atoms with Crippen molar-refractivity contribution in [3.8, 4) is 0 Å². The zero-order chi connectivity index (χ0) is 18.5. The lowest BCUT2D eigenvalue weighted by Crippen LogP contribution is -2.61. The maximum Gasteiger partial charge on any atom is 0.410 e. The number of carbonyl (C=O) groups excluding carboxylic acids is 1. The second-order valence-electron chi connectivity index (χ2n) is 6.68. The predicted molar refractivity (Wildman–Crippen MR) is 92.0 cm³/mol. The monoisotopic (exact) mass is 370 g/mol. The van der Waals surface area contributed by atoms with Gasteiger partial charge in [-0.25, -0.2) is 9.18 Å². The van der Waals surface area contributed by atoms with Crippen molar-refractivity contribution in [1.82, 2.24) is 5.32 Å². The van der Waals surface area contributed by atoms with Crippen LogP contribution < -0.4 is 5.32 Å². The Morgan fingerprint density at radius 3 is 2.60 bits per heavy atom. The van der Waals surface area contributed by atoms with Crippen LogP contribution in [0.15, 0.2) is 23.2 Å². The van der Waals surface area contributed by atoms with Gasteiger partial charge in [0.25, 0.3) is 0 Å². The molecule has 7 nitrogen and oxygen atoms in total. The molecule has 1 heterocycles. The number of hydrogen-bond acceptors (Lipinski definition) is 5. The van der Waals surface area contributed by atoms with Crippen LogP contribution in [0.4, 0.5) is 9.18 Å². The summed E-state index contributed by atoms with van der Waals surface area (Å²) in [7, 11) is -3.28. The molecule has 1 unspecified atom stereocenters. The zero-order valence-electron chi connectivity index (χ0n) is 13.5. The van der Waals surface area contributed by atoms with E-state index >= 15 is 0 Å². The SMILES string of the molecule is CC1(c2cc(C=O)ccc2F)CS(O)(O)C2(CCC2)C(NC(=O)O)=N1. The molecule has 3 rings (SSSR count). The molecule has 0 radical (unpaired) electrons. The van der Waals surface area contributed by atoms with Gasteiger partial charge in [-0.1, -0.05) is 0 Å². The number of amides is 1. The van der Waals surface area contributed by atoms with Gasteiger partial charge in [0.15, 0.2) is 0 Å². The number of aliphatic imine (C=N–C) groups is 1. The lowest BCUT2D eigenvalue weighted by Gasteiger charge is -2.60. The second-order valence-corrected chi connectivity index (χ2v) is 9.08. The van der Waals surface area contributed by atoms with Gasteiger partial charge in [0.05, 0.1) is 5.75 Å². The zero-order valence-corrected chi connectivity index (χ0v) is 14.3. The van der Waals surface area contributed by atoms with Gasteiger partial charge in [-0.2, -0.15) is 10.6 Å². The van der Waals surface area contributed by atoms with Gasteiger partial charge in [-0.15, -0.1) is 0 Å². The topological polar surface area (TPSA) is 119 Å². The van der Waals surface area contributed by atoms with Gasteiger partial charge in [-0.05, 0) is 44.4 Å². The van der Waals surface area contributed by atoms with E-state index in [9.17, 15) is 23.1 Å². The molecule has 1 spiro atoms. The van der Waals surface area contributed by atoms with Crippen molar-refractivity contribution >= 4 is 28.8 Å². The van der Waals surface area contributed by atoms with E-state index in [0.717, 1.165) is 12.5 Å². The fourth-order valence-electron chi connectivity index (χ4n) is 3.54. The Balaban J connectivity index is 2.17. The summed E-state index contributed by atoms with van der Waals surface area (Å²) < 4.78 is 34.8. The van der Waals surface area contributed by atoms with Gasteiger partial charge in [0.2, 0.25) is 0 Å². The van der Waals surface area contributed by atoms with Crippen LogP contribution in [0.3, 0.4) is 0 Å². The highest BCUT2D eigenvalue weighted by atomic mass is 32.3. The Morgan fingerprint density at radius 2 is 2.08 bits per heavy atom. The second kappa shape index (κ2) is 5.79. The molecule has 4 N–H and O–H groups in total. The van der Waals surface area contributed by atoms with E-state index in [4.69, 9.17) is 5.11 Å². The van der Waals surface area contributed by atoms with E-state index in [1.807, 2.05) is 0 Å². The van der Waals surface area contributed by atoms with Crippen LogP contribution in [0.1, 0.15) is 42.1 Å². The van der Waals surface area contributed by atoms with Gasteiger partial charge in [0, 0.05) is 11.1 Å². The number of benzene rings is 1. The van der Waals surface area contributed by atoms with E-state index in [2.05, 4.69) is 10.3 Å². The summed E-state index contributed by atoms with van der Waals surface area (Å²) in [6.07, 6.45) is 0.720. The Hall–Kier alpha value is -1.97. The Morgan fingerprint density at radius 1 is 1.40 bits per heavy atom. The number of halogens is 1. The smallest absolute Gasteiger partial charge is 0.410 e. The molecule has 1 aliphatic heterocycles. The van der Waals surface area contributed by atoms with Gasteiger partial charge < -0.3 is 5.11 Å². The minimum absolute atomic E-state index is 0.0240. The van der Waals surface area contributed by atoms with E-state index in [1.54, 1.807) is 0 Å². The fraction of sp³-hybridized carbons (Fsp3) is 0.438. The van der Waals surface area contributed by atoms with E-state index in [0.29, 0.717) is 19.1 Å². The van der Waals surface area contributed by atoms with Crippen molar-refractivity contribution in [2.24, 2.45) is 4.99 Å². The maximum atomic E-state index is 14.4. The highest BCUT2D eigenvalue weighted by Crippen LogP contribution is 2.66. The van der Waals surface area contributed by atoms with Crippen LogP contribution in [-0.4, -0.2) is 42.9 Å². The van der Waals surface area contributed by atoms with Gasteiger partial charge in [-0.3, -0.25) is 24.2 Å². The number of amidine groups is 1. The molecule has 1 aromatic carbocycles. The molecular formula is C16H19FN2O5S. The number of carbonyl (C=O) groups is 2. The fourth-order valence-corrected chi connectivity index (χ4v) is 6.17. The minimum atomic E-state index is -3.28. The van der Waals surface area contributed by atoms with Crippen molar-refractivity contribution in [1.29, 1.82) is 0 Å². The van der Waals surface area contributed by atoms with Crippen LogP contribution in [0.25, 0.3) is 0 Å². The lowest BCUT2D eigenvalue weighted by molar-refractivity contribution is 0.112. The third-order valence-corrected chi connectivity index (χ3v) is 7.81. The van der Waals surface area contributed by atoms with Crippen molar-refractivity contribution in [3.05, 3.63) is 35.1 Å². The molecule has 0 bridgehead atoms. The van der Waals surface area contributed by atoms with E-state index in [-0.39, 0.29) is 22.7 Å². The van der Waals surface area contributed by atoms with Gasteiger partial charge >= 0.3 is 6.09 Å². The molecule has 1 amide bonds. The van der Waals surface area contributed by atoms with E-state index in [1.165, 1.54) is 19.1 Å². The molecular weight excluding hydrogens is 351 g/mol. The van der Waals surface area contributed by atoms with Crippen molar-refractivity contribution in [2.45, 2.75) is 36.5 Å². The number of nitrogens with zero attached hydrogens (tertiary/aromatic N) is 1. The molecule has 1 saturated carbocycles. The molecule has 1 aromatic rings. The molecule has 0 aromatic heterocycles. The standard InChI is InChI=1S/C16H19FN2O5S/c1-15(11-7-10(8-20)3-4-12(11)17)9-25(23,24)16(5-2-6-16)13(19-15)18-14(21)22/h3-4,7-8,23-24H,2,5-6,9H2,1H3,(H,18,19)(H,21,22). The van der Waals surface area contributed by atoms with Gasteiger partial charge in [0.1, 0.15) is 28.2 Å². The summed E-state index contributed by atoms with van der Waals surface area (Å²) in [6.45, 7) is 1.50. The Kier molecular flexibility index (Phi) is 4.13. The average Bonchev–Trinajstić information content (AvgIpc) is 2.43. The van der Waals surface area contributed by atoms with Crippen molar-refractivity contribution in [2.75, 3.05) is 5.75 Å². The first-order chi connectivity index (χ1) is 11.6. The predicted octanol–water partition coefficient (Wildman–Crippen LogP) is 3.21. The molecule has 136 valence electrons. The molecule has 1 fully saturated rings. The summed E-state index contributed by atoms with van der Waals surface area (Å²) in [5.74, 6) is -0.925. The molecule has 0 saturated heterocycles. The quantitative estimate of drug-likeness (QED) is 0.596. The molecule has 1 aliphatic carbocycles. The largest absolute Gasteiger partial charge is 0.465 e. The molecule has 9 heteroatoms.